The van der Waals surface area contributed by atoms with Crippen LogP contribution in [0.4, 0.5) is 11.4 Å². The van der Waals surface area contributed by atoms with Gasteiger partial charge in [-0.2, -0.15) is 0 Å². The molecule has 0 saturated carbocycles. The zero-order valence-electron chi connectivity index (χ0n) is 25.8. The molecule has 47 heavy (non-hydrogen) atoms. The van der Waals surface area contributed by atoms with Crippen LogP contribution in [0.1, 0.15) is 45.2 Å². The fourth-order valence-corrected chi connectivity index (χ4v) is 5.92. The molecule has 8 nitrogen and oxygen atoms in total. The maximum atomic E-state index is 13.7. The summed E-state index contributed by atoms with van der Waals surface area (Å²) in [6, 6.07) is 34.0. The molecular formula is C38H33N3O5S. The zero-order valence-corrected chi connectivity index (χ0v) is 26.6. The lowest BCUT2D eigenvalue weighted by Crippen LogP contribution is -2.30. The highest BCUT2D eigenvalue weighted by atomic mass is 32.2. The van der Waals surface area contributed by atoms with Crippen LogP contribution in [0.2, 0.25) is 0 Å². The van der Waals surface area contributed by atoms with Gasteiger partial charge in [0.25, 0.3) is 11.8 Å². The van der Waals surface area contributed by atoms with Crippen LogP contribution in [0.3, 0.4) is 0 Å². The summed E-state index contributed by atoms with van der Waals surface area (Å²) in [6.07, 6.45) is 2.17. The van der Waals surface area contributed by atoms with E-state index in [4.69, 9.17) is 0 Å². The van der Waals surface area contributed by atoms with E-state index in [9.17, 15) is 24.3 Å². The summed E-state index contributed by atoms with van der Waals surface area (Å²) < 4.78 is 0. The molecule has 0 aliphatic carbocycles. The zero-order chi connectivity index (χ0) is 33.3. The first-order chi connectivity index (χ1) is 22.7. The van der Waals surface area contributed by atoms with Gasteiger partial charge in [0, 0.05) is 21.8 Å². The quantitative estimate of drug-likeness (QED) is 0.0861. The fourth-order valence-electron chi connectivity index (χ4n) is 4.91. The number of aromatic carboxylic acids is 1. The molecule has 9 heteroatoms. The van der Waals surface area contributed by atoms with Crippen molar-refractivity contribution in [3.8, 4) is 0 Å². The molecule has 0 bridgehead atoms. The Morgan fingerprint density at radius 3 is 2.28 bits per heavy atom. The minimum atomic E-state index is -1.07. The average Bonchev–Trinajstić information content (AvgIpc) is 3.08. The normalized spacial score (nSPS) is 11.8. The SMILES string of the molecule is CCC(Sc1cccc(NC(=O)/C(=C\c2cccc3ccccc23)NC(=O)c2ccccc2)c1)C(=O)Nc1cc(C(=O)O)ccc1C. The van der Waals surface area contributed by atoms with Gasteiger partial charge < -0.3 is 21.1 Å². The minimum Gasteiger partial charge on any atom is -0.478 e. The monoisotopic (exact) mass is 643 g/mol. The molecule has 5 aromatic carbocycles. The van der Waals surface area contributed by atoms with Crippen molar-refractivity contribution in [2.75, 3.05) is 10.6 Å². The number of rotatable bonds is 11. The molecule has 5 aromatic rings. The highest BCUT2D eigenvalue weighted by Gasteiger charge is 2.21. The van der Waals surface area contributed by atoms with Crippen molar-refractivity contribution >= 4 is 63.7 Å². The molecular weight excluding hydrogens is 611 g/mol. The number of thioether (sulfide) groups is 1. The van der Waals surface area contributed by atoms with Gasteiger partial charge in [-0.3, -0.25) is 14.4 Å². The third-order valence-corrected chi connectivity index (χ3v) is 8.79. The van der Waals surface area contributed by atoms with Crippen LogP contribution < -0.4 is 16.0 Å². The van der Waals surface area contributed by atoms with E-state index >= 15 is 0 Å². The van der Waals surface area contributed by atoms with Crippen LogP contribution in [0.15, 0.2) is 126 Å². The highest BCUT2D eigenvalue weighted by molar-refractivity contribution is 8.00. The number of carbonyl (C=O) groups excluding carboxylic acids is 3. The summed E-state index contributed by atoms with van der Waals surface area (Å²) in [4.78, 5) is 52.3. The molecule has 0 spiro atoms. The Balaban J connectivity index is 1.36. The maximum Gasteiger partial charge on any atom is 0.335 e. The molecule has 0 aromatic heterocycles. The van der Waals surface area contributed by atoms with Gasteiger partial charge in [-0.25, -0.2) is 4.79 Å². The third-order valence-electron chi connectivity index (χ3n) is 7.43. The molecule has 5 rings (SSSR count). The van der Waals surface area contributed by atoms with Gasteiger partial charge in [0.2, 0.25) is 5.91 Å². The molecule has 1 atom stereocenters. The van der Waals surface area contributed by atoms with E-state index < -0.39 is 23.0 Å². The summed E-state index contributed by atoms with van der Waals surface area (Å²) in [6.45, 7) is 3.69. The number of amides is 3. The molecule has 0 heterocycles. The second-order valence-electron chi connectivity index (χ2n) is 10.8. The first-order valence-electron chi connectivity index (χ1n) is 15.0. The molecule has 0 saturated heterocycles. The van der Waals surface area contributed by atoms with Crippen molar-refractivity contribution in [3.63, 3.8) is 0 Å². The van der Waals surface area contributed by atoms with Crippen molar-refractivity contribution in [1.82, 2.24) is 5.32 Å². The molecule has 0 radical (unpaired) electrons. The van der Waals surface area contributed by atoms with Crippen molar-refractivity contribution in [3.05, 3.63) is 143 Å². The molecule has 0 aliphatic heterocycles. The van der Waals surface area contributed by atoms with Crippen LogP contribution in [-0.4, -0.2) is 34.0 Å². The van der Waals surface area contributed by atoms with Crippen LogP contribution in [0, 0.1) is 6.92 Å². The third kappa shape index (κ3) is 8.33. The van der Waals surface area contributed by atoms with Crippen molar-refractivity contribution < 1.29 is 24.3 Å². The molecule has 1 unspecified atom stereocenters. The smallest absolute Gasteiger partial charge is 0.335 e. The van der Waals surface area contributed by atoms with Gasteiger partial charge in [-0.15, -0.1) is 11.8 Å². The number of carboxylic acids is 1. The summed E-state index contributed by atoms with van der Waals surface area (Å²) >= 11 is 1.33. The van der Waals surface area contributed by atoms with Crippen molar-refractivity contribution in [2.45, 2.75) is 30.4 Å². The van der Waals surface area contributed by atoms with E-state index in [0.29, 0.717) is 23.4 Å². The number of fused-ring (bicyclic) bond motifs is 1. The van der Waals surface area contributed by atoms with E-state index in [-0.39, 0.29) is 17.2 Å². The van der Waals surface area contributed by atoms with E-state index in [1.165, 1.54) is 23.9 Å². The number of carbonyl (C=O) groups is 4. The predicted octanol–water partition coefficient (Wildman–Crippen LogP) is 7.77. The molecule has 0 aliphatic rings. The van der Waals surface area contributed by atoms with Gasteiger partial charge >= 0.3 is 5.97 Å². The van der Waals surface area contributed by atoms with E-state index in [1.54, 1.807) is 61.5 Å². The first kappa shape index (κ1) is 32.7. The predicted molar refractivity (Wildman–Crippen MR) is 188 cm³/mol. The Labute approximate surface area is 276 Å². The second-order valence-corrected chi connectivity index (χ2v) is 12.0. The number of nitrogens with one attached hydrogen (secondary N) is 3. The minimum absolute atomic E-state index is 0.0676. The molecule has 0 fully saturated rings. The number of hydrogen-bond donors (Lipinski definition) is 4. The van der Waals surface area contributed by atoms with Gasteiger partial charge in [-0.1, -0.05) is 79.7 Å². The fraction of sp³-hybridized carbons (Fsp3) is 0.105. The lowest BCUT2D eigenvalue weighted by molar-refractivity contribution is -0.116. The lowest BCUT2D eigenvalue weighted by Gasteiger charge is -2.17. The van der Waals surface area contributed by atoms with Crippen molar-refractivity contribution in [1.29, 1.82) is 0 Å². The summed E-state index contributed by atoms with van der Waals surface area (Å²) in [5, 5.41) is 19.4. The Hall–Kier alpha value is -5.67. The Morgan fingerprint density at radius 1 is 0.787 bits per heavy atom. The van der Waals surface area contributed by atoms with E-state index in [1.807, 2.05) is 61.5 Å². The van der Waals surface area contributed by atoms with Gasteiger partial charge in [-0.05, 0) is 83.8 Å². The number of anilines is 2. The number of hydrogen-bond acceptors (Lipinski definition) is 5. The van der Waals surface area contributed by atoms with Crippen LogP contribution in [0.5, 0.6) is 0 Å². The number of aryl methyl sites for hydroxylation is 1. The Bertz CT molecular complexity index is 1990. The molecule has 3 amide bonds. The van der Waals surface area contributed by atoms with Crippen LogP contribution >= 0.6 is 11.8 Å². The topological polar surface area (TPSA) is 125 Å². The largest absolute Gasteiger partial charge is 0.478 e. The van der Waals surface area contributed by atoms with Crippen molar-refractivity contribution in [2.24, 2.45) is 0 Å². The molecule has 4 N–H and O–H groups in total. The first-order valence-corrected chi connectivity index (χ1v) is 15.9. The second kappa shape index (κ2) is 15.1. The summed E-state index contributed by atoms with van der Waals surface area (Å²) in [7, 11) is 0. The van der Waals surface area contributed by atoms with Gasteiger partial charge in [0.15, 0.2) is 0 Å². The summed E-state index contributed by atoms with van der Waals surface area (Å²) in [5.41, 5.74) is 3.01. The Kier molecular flexibility index (Phi) is 10.5. The van der Waals surface area contributed by atoms with Crippen LogP contribution in [-0.2, 0) is 9.59 Å². The Morgan fingerprint density at radius 2 is 1.51 bits per heavy atom. The van der Waals surface area contributed by atoms with Gasteiger partial charge in [0.05, 0.1) is 10.8 Å². The van der Waals surface area contributed by atoms with E-state index in [0.717, 1.165) is 26.8 Å². The number of carboxylic acid groups (broad SMARTS) is 1. The highest BCUT2D eigenvalue weighted by Crippen LogP contribution is 2.30. The lowest BCUT2D eigenvalue weighted by atomic mass is 10.0. The summed E-state index contributed by atoms with van der Waals surface area (Å²) in [5.74, 6) is -2.27. The standard InChI is InChI=1S/C38H33N3O5S/c1-3-34(37(44)40-32-22-28(38(45)46)20-19-24(32)2)47-30-17-10-16-29(23-30)39-36(43)33(41-35(42)26-12-5-4-6-13-26)21-27-15-9-14-25-11-7-8-18-31(25)27/h4-23,34H,3H2,1-2H3,(H,39,43)(H,40,44)(H,41,42)(H,45,46)/b33-21+. The molecule has 236 valence electrons. The number of benzene rings is 5. The average molecular weight is 644 g/mol. The van der Waals surface area contributed by atoms with Gasteiger partial charge in [0.1, 0.15) is 5.70 Å². The van der Waals surface area contributed by atoms with E-state index in [2.05, 4.69) is 16.0 Å². The maximum absolute atomic E-state index is 13.7. The van der Waals surface area contributed by atoms with Crippen LogP contribution in [0.25, 0.3) is 16.8 Å².